The first-order valence-electron chi connectivity index (χ1n) is 9.17. The quantitative estimate of drug-likeness (QED) is 0.227. The van der Waals surface area contributed by atoms with Gasteiger partial charge in [0, 0.05) is 5.92 Å². The lowest BCUT2D eigenvalue weighted by atomic mass is 9.97. The van der Waals surface area contributed by atoms with Crippen LogP contribution in [-0.2, 0) is 9.53 Å². The Morgan fingerprint density at radius 2 is 1.85 bits per heavy atom. The third-order valence-electron chi connectivity index (χ3n) is 4.55. The number of alkyl halides is 3. The van der Waals surface area contributed by atoms with Crippen molar-refractivity contribution in [2.45, 2.75) is 62.6 Å². The molecule has 0 saturated heterocycles. The molecule has 1 aromatic rings. The van der Waals surface area contributed by atoms with Crippen LogP contribution in [0.15, 0.2) is 42.0 Å². The van der Waals surface area contributed by atoms with Gasteiger partial charge in [-0.1, -0.05) is 90.6 Å². The number of allylic oxidation sites excluding steroid dienone is 2. The van der Waals surface area contributed by atoms with Crippen molar-refractivity contribution < 1.29 is 9.53 Å². The first-order chi connectivity index (χ1) is 12.2. The fourth-order valence-corrected chi connectivity index (χ4v) is 3.22. The smallest absolute Gasteiger partial charge is 0.306 e. The fraction of sp³-hybridized carbons (Fsp3) is 0.571. The lowest BCUT2D eigenvalue weighted by Gasteiger charge is -2.24. The van der Waals surface area contributed by atoms with E-state index in [1.54, 1.807) is 0 Å². The van der Waals surface area contributed by atoms with Crippen LogP contribution in [0.25, 0.3) is 0 Å². The summed E-state index contributed by atoms with van der Waals surface area (Å²) in [5.41, 5.74) is 2.23. The molecule has 2 nitrogen and oxygen atoms in total. The molecule has 0 aromatic heterocycles. The molecule has 0 aliphatic carbocycles. The van der Waals surface area contributed by atoms with E-state index in [2.05, 4.69) is 26.8 Å². The van der Waals surface area contributed by atoms with Gasteiger partial charge in [0.1, 0.15) is 0 Å². The minimum Gasteiger partial charge on any atom is -0.466 e. The Bertz CT molecular complexity index is 564. The molecule has 0 bridgehead atoms. The highest BCUT2D eigenvalue weighted by Crippen LogP contribution is 2.43. The number of ether oxygens (including phenoxy) is 1. The molecule has 1 aromatic carbocycles. The number of esters is 1. The van der Waals surface area contributed by atoms with Gasteiger partial charge in [-0.2, -0.15) is 0 Å². The summed E-state index contributed by atoms with van der Waals surface area (Å²) in [6, 6.07) is 9.32. The Hall–Kier alpha value is -0.700. The second-order valence-electron chi connectivity index (χ2n) is 6.80. The predicted octanol–water partition coefficient (Wildman–Crippen LogP) is 7.24. The van der Waals surface area contributed by atoms with Crippen LogP contribution in [0.4, 0.5) is 0 Å². The summed E-state index contributed by atoms with van der Waals surface area (Å²) >= 11 is 18.2. The number of carbonyl (C=O) groups is 1. The van der Waals surface area contributed by atoms with Gasteiger partial charge in [-0.25, -0.2) is 0 Å². The number of hydrogen-bond donors (Lipinski definition) is 0. The van der Waals surface area contributed by atoms with E-state index in [0.717, 1.165) is 31.2 Å². The van der Waals surface area contributed by atoms with Crippen LogP contribution < -0.4 is 0 Å². The minimum atomic E-state index is -1.56. The van der Waals surface area contributed by atoms with Crippen molar-refractivity contribution in [3.63, 3.8) is 0 Å². The SMILES string of the molecule is CC/C(C)=C/CC[C@H](C)CCOC(=O)CC(c1ccccc1)C(Cl)(Cl)Cl. The van der Waals surface area contributed by atoms with Gasteiger partial charge in [-0.3, -0.25) is 4.79 Å². The molecule has 26 heavy (non-hydrogen) atoms. The van der Waals surface area contributed by atoms with E-state index < -0.39 is 9.71 Å². The van der Waals surface area contributed by atoms with Crippen LogP contribution in [0.5, 0.6) is 0 Å². The summed E-state index contributed by atoms with van der Waals surface area (Å²) in [7, 11) is 0. The number of carbonyl (C=O) groups excluding carboxylic acids is 1. The van der Waals surface area contributed by atoms with Crippen LogP contribution in [0.1, 0.15) is 64.4 Å². The molecule has 0 aliphatic rings. The first kappa shape index (κ1) is 23.3. The Balaban J connectivity index is 2.42. The van der Waals surface area contributed by atoms with E-state index in [9.17, 15) is 4.79 Å². The molecule has 0 saturated carbocycles. The fourth-order valence-electron chi connectivity index (χ4n) is 2.61. The summed E-state index contributed by atoms with van der Waals surface area (Å²) in [4.78, 5) is 12.2. The third-order valence-corrected chi connectivity index (χ3v) is 5.34. The third kappa shape index (κ3) is 9.30. The maximum atomic E-state index is 12.2. The van der Waals surface area contributed by atoms with Crippen molar-refractivity contribution in [2.75, 3.05) is 6.61 Å². The number of halogens is 3. The average molecular weight is 420 g/mol. The Labute approximate surface area is 172 Å². The summed E-state index contributed by atoms with van der Waals surface area (Å²) in [5.74, 6) is -0.360. The van der Waals surface area contributed by atoms with Crippen LogP contribution >= 0.6 is 34.8 Å². The molecule has 0 fully saturated rings. The molecule has 0 N–H and O–H groups in total. The lowest BCUT2D eigenvalue weighted by Crippen LogP contribution is -2.22. The van der Waals surface area contributed by atoms with E-state index >= 15 is 0 Å². The largest absolute Gasteiger partial charge is 0.466 e. The highest BCUT2D eigenvalue weighted by atomic mass is 35.6. The molecule has 1 unspecified atom stereocenters. The molecule has 0 amide bonds. The number of benzene rings is 1. The van der Waals surface area contributed by atoms with Crippen LogP contribution in [0, 0.1) is 5.92 Å². The van der Waals surface area contributed by atoms with E-state index in [4.69, 9.17) is 39.5 Å². The van der Waals surface area contributed by atoms with Gasteiger partial charge < -0.3 is 4.74 Å². The molecular formula is C21H29Cl3O2. The molecule has 2 atom stereocenters. The van der Waals surface area contributed by atoms with E-state index in [1.807, 2.05) is 30.3 Å². The lowest BCUT2D eigenvalue weighted by molar-refractivity contribution is -0.144. The van der Waals surface area contributed by atoms with Crippen molar-refractivity contribution >= 4 is 40.8 Å². The van der Waals surface area contributed by atoms with Crippen molar-refractivity contribution in [3.8, 4) is 0 Å². The van der Waals surface area contributed by atoms with Crippen LogP contribution in [0.2, 0.25) is 0 Å². The maximum absolute atomic E-state index is 12.2. The molecule has 5 heteroatoms. The van der Waals surface area contributed by atoms with Gasteiger partial charge >= 0.3 is 5.97 Å². The average Bonchev–Trinajstić information content (AvgIpc) is 2.59. The second-order valence-corrected chi connectivity index (χ2v) is 9.17. The Morgan fingerprint density at radius 1 is 1.19 bits per heavy atom. The van der Waals surface area contributed by atoms with E-state index in [1.165, 1.54) is 5.57 Å². The molecular weight excluding hydrogens is 391 g/mol. The van der Waals surface area contributed by atoms with Gasteiger partial charge in [0.25, 0.3) is 0 Å². The second kappa shape index (κ2) is 11.9. The van der Waals surface area contributed by atoms with Gasteiger partial charge in [0.05, 0.1) is 13.0 Å². The zero-order chi connectivity index (χ0) is 19.6. The summed E-state index contributed by atoms with van der Waals surface area (Å²) < 4.78 is 3.82. The van der Waals surface area contributed by atoms with Gasteiger partial charge in [0.2, 0.25) is 0 Å². The Kier molecular flexibility index (Phi) is 10.7. The monoisotopic (exact) mass is 418 g/mol. The number of hydrogen-bond acceptors (Lipinski definition) is 2. The molecule has 0 spiro atoms. The van der Waals surface area contributed by atoms with Crippen molar-refractivity contribution in [2.24, 2.45) is 5.92 Å². The topological polar surface area (TPSA) is 26.3 Å². The summed E-state index contributed by atoms with van der Waals surface area (Å²) in [5, 5.41) is 0. The highest BCUT2D eigenvalue weighted by Gasteiger charge is 2.35. The molecule has 1 rings (SSSR count). The predicted molar refractivity (Wildman–Crippen MR) is 112 cm³/mol. The summed E-state index contributed by atoms with van der Waals surface area (Å²) in [6.07, 6.45) is 6.43. The van der Waals surface area contributed by atoms with Gasteiger partial charge in [-0.05, 0) is 44.1 Å². The molecule has 146 valence electrons. The minimum absolute atomic E-state index is 0.0489. The van der Waals surface area contributed by atoms with Gasteiger partial charge in [-0.15, -0.1) is 0 Å². The first-order valence-corrected chi connectivity index (χ1v) is 10.3. The standard InChI is InChI=1S/C21H29Cl3O2/c1-4-16(2)9-8-10-17(3)13-14-26-20(25)15-19(21(22,23)24)18-11-6-5-7-12-18/h5-7,9,11-12,17,19H,4,8,10,13-15H2,1-3H3/b16-9+/t17-,19?/m0/s1. The van der Waals surface area contributed by atoms with Crippen molar-refractivity contribution in [1.29, 1.82) is 0 Å². The molecule has 0 aliphatic heterocycles. The van der Waals surface area contributed by atoms with Crippen LogP contribution in [0.3, 0.4) is 0 Å². The molecule has 0 radical (unpaired) electrons. The number of rotatable bonds is 10. The highest BCUT2D eigenvalue weighted by molar-refractivity contribution is 6.68. The zero-order valence-electron chi connectivity index (χ0n) is 15.8. The van der Waals surface area contributed by atoms with E-state index in [0.29, 0.717) is 12.5 Å². The van der Waals surface area contributed by atoms with Crippen LogP contribution in [-0.4, -0.2) is 16.4 Å². The zero-order valence-corrected chi connectivity index (χ0v) is 18.1. The van der Waals surface area contributed by atoms with Gasteiger partial charge in [0.15, 0.2) is 3.79 Å². The normalized spacial score (nSPS) is 14.8. The molecule has 0 heterocycles. The van der Waals surface area contributed by atoms with Crippen molar-refractivity contribution in [1.82, 2.24) is 0 Å². The Morgan fingerprint density at radius 3 is 2.42 bits per heavy atom. The van der Waals surface area contributed by atoms with E-state index in [-0.39, 0.29) is 12.4 Å². The summed E-state index contributed by atoms with van der Waals surface area (Å²) in [6.45, 7) is 6.89. The van der Waals surface area contributed by atoms with Crippen molar-refractivity contribution in [3.05, 3.63) is 47.5 Å². The maximum Gasteiger partial charge on any atom is 0.306 e.